The van der Waals surface area contributed by atoms with Crippen molar-refractivity contribution in [3.63, 3.8) is 0 Å². The van der Waals surface area contributed by atoms with Gasteiger partial charge in [0.2, 0.25) is 5.91 Å². The maximum Gasteiger partial charge on any atom is 0.306 e. The minimum absolute atomic E-state index is 0.0427. The van der Waals surface area contributed by atoms with Gasteiger partial charge in [0.05, 0.1) is 5.92 Å². The molecule has 1 aromatic rings. The number of rotatable bonds is 5. The van der Waals surface area contributed by atoms with Crippen LogP contribution in [0.1, 0.15) is 38.7 Å². The van der Waals surface area contributed by atoms with Crippen LogP contribution >= 0.6 is 11.6 Å². The molecule has 22 heavy (non-hydrogen) atoms. The Balaban J connectivity index is 1.92. The zero-order chi connectivity index (χ0) is 16.3. The number of benzene rings is 1. The topological polar surface area (TPSA) is 66.4 Å². The Morgan fingerprint density at radius 1 is 1.32 bits per heavy atom. The lowest BCUT2D eigenvalue weighted by Gasteiger charge is -2.26. The van der Waals surface area contributed by atoms with E-state index in [1.165, 1.54) is 0 Å². The third-order valence-electron chi connectivity index (χ3n) is 4.46. The Morgan fingerprint density at radius 2 is 2.00 bits per heavy atom. The number of nitrogens with one attached hydrogen (secondary N) is 1. The van der Waals surface area contributed by atoms with E-state index in [4.69, 9.17) is 16.7 Å². The maximum atomic E-state index is 12.2. The van der Waals surface area contributed by atoms with Gasteiger partial charge in [-0.25, -0.2) is 0 Å². The van der Waals surface area contributed by atoms with Crippen molar-refractivity contribution in [1.82, 2.24) is 5.32 Å². The molecular weight excluding hydrogens is 302 g/mol. The minimum Gasteiger partial charge on any atom is -0.481 e. The summed E-state index contributed by atoms with van der Waals surface area (Å²) in [5.41, 5.74) is 0.834. The van der Waals surface area contributed by atoms with Gasteiger partial charge in [-0.3, -0.25) is 9.59 Å². The molecule has 120 valence electrons. The SMILES string of the molecule is CC(C)(CNC(=O)[C@@H]1CC[C@H](C(=O)O)C1)c1cccc(Cl)c1. The maximum absolute atomic E-state index is 12.2. The lowest BCUT2D eigenvalue weighted by atomic mass is 9.84. The minimum atomic E-state index is -0.797. The molecule has 0 bridgehead atoms. The molecule has 0 aliphatic heterocycles. The smallest absolute Gasteiger partial charge is 0.306 e. The van der Waals surface area contributed by atoms with Crippen LogP contribution in [0.25, 0.3) is 0 Å². The number of carbonyl (C=O) groups excluding carboxylic acids is 1. The van der Waals surface area contributed by atoms with Gasteiger partial charge in [0.25, 0.3) is 0 Å². The molecule has 1 amide bonds. The summed E-state index contributed by atoms with van der Waals surface area (Å²) in [4.78, 5) is 23.2. The number of carboxylic acids is 1. The lowest BCUT2D eigenvalue weighted by Crippen LogP contribution is -2.39. The van der Waals surface area contributed by atoms with Gasteiger partial charge >= 0.3 is 5.97 Å². The van der Waals surface area contributed by atoms with Crippen LogP contribution in [0.3, 0.4) is 0 Å². The molecule has 1 aliphatic rings. The van der Waals surface area contributed by atoms with E-state index < -0.39 is 5.97 Å². The van der Waals surface area contributed by atoms with Crippen LogP contribution in [0.5, 0.6) is 0 Å². The number of hydrogen-bond donors (Lipinski definition) is 2. The van der Waals surface area contributed by atoms with Gasteiger partial charge in [-0.1, -0.05) is 37.6 Å². The molecule has 0 spiro atoms. The summed E-state index contributed by atoms with van der Waals surface area (Å²) >= 11 is 6.02. The molecule has 4 nitrogen and oxygen atoms in total. The van der Waals surface area contributed by atoms with Crippen molar-refractivity contribution < 1.29 is 14.7 Å². The Labute approximate surface area is 135 Å². The summed E-state index contributed by atoms with van der Waals surface area (Å²) < 4.78 is 0. The number of carboxylic acid groups (broad SMARTS) is 1. The van der Waals surface area contributed by atoms with E-state index in [-0.39, 0.29) is 23.2 Å². The summed E-state index contributed by atoms with van der Waals surface area (Å²) in [5.74, 6) is -1.40. The van der Waals surface area contributed by atoms with Crippen LogP contribution in [-0.4, -0.2) is 23.5 Å². The summed E-state index contributed by atoms with van der Waals surface area (Å²) in [6, 6.07) is 7.62. The fraction of sp³-hybridized carbons (Fsp3) is 0.529. The molecule has 0 saturated heterocycles. The normalized spacial score (nSPS) is 21.6. The van der Waals surface area contributed by atoms with E-state index >= 15 is 0 Å². The van der Waals surface area contributed by atoms with Crippen molar-refractivity contribution in [3.05, 3.63) is 34.9 Å². The second-order valence-corrected chi connectivity index (χ2v) is 7.09. The molecule has 1 aliphatic carbocycles. The highest BCUT2D eigenvalue weighted by Gasteiger charge is 2.34. The number of carbonyl (C=O) groups is 2. The van der Waals surface area contributed by atoms with E-state index in [1.807, 2.05) is 38.1 Å². The van der Waals surface area contributed by atoms with Gasteiger partial charge in [-0.2, -0.15) is 0 Å². The highest BCUT2D eigenvalue weighted by molar-refractivity contribution is 6.30. The first-order valence-electron chi connectivity index (χ1n) is 7.56. The largest absolute Gasteiger partial charge is 0.481 e. The van der Waals surface area contributed by atoms with Crippen LogP contribution in [0.4, 0.5) is 0 Å². The molecule has 0 heterocycles. The van der Waals surface area contributed by atoms with Gasteiger partial charge in [-0.15, -0.1) is 0 Å². The van der Waals surface area contributed by atoms with E-state index in [2.05, 4.69) is 5.32 Å². The van der Waals surface area contributed by atoms with Crippen molar-refractivity contribution in [3.8, 4) is 0 Å². The van der Waals surface area contributed by atoms with Crippen molar-refractivity contribution in [2.45, 2.75) is 38.5 Å². The fourth-order valence-electron chi connectivity index (χ4n) is 2.91. The number of halogens is 1. The van der Waals surface area contributed by atoms with Gasteiger partial charge in [0, 0.05) is 22.9 Å². The van der Waals surface area contributed by atoms with Crippen molar-refractivity contribution in [2.24, 2.45) is 11.8 Å². The highest BCUT2D eigenvalue weighted by Crippen LogP contribution is 2.31. The van der Waals surface area contributed by atoms with Crippen LogP contribution in [0, 0.1) is 11.8 Å². The summed E-state index contributed by atoms with van der Waals surface area (Å²) in [6.45, 7) is 4.60. The first-order valence-corrected chi connectivity index (χ1v) is 7.94. The molecule has 1 aromatic carbocycles. The third-order valence-corrected chi connectivity index (χ3v) is 4.70. The van der Waals surface area contributed by atoms with Crippen molar-refractivity contribution in [1.29, 1.82) is 0 Å². The van der Waals surface area contributed by atoms with E-state index in [0.29, 0.717) is 30.8 Å². The second kappa shape index (κ2) is 6.69. The van der Waals surface area contributed by atoms with Gasteiger partial charge in [-0.05, 0) is 37.0 Å². The molecular formula is C17H22ClNO3. The number of amides is 1. The van der Waals surface area contributed by atoms with Crippen LogP contribution in [-0.2, 0) is 15.0 Å². The van der Waals surface area contributed by atoms with Crippen LogP contribution in [0.2, 0.25) is 5.02 Å². The fourth-order valence-corrected chi connectivity index (χ4v) is 3.10. The molecule has 0 aromatic heterocycles. The molecule has 0 radical (unpaired) electrons. The Morgan fingerprint density at radius 3 is 2.59 bits per heavy atom. The highest BCUT2D eigenvalue weighted by atomic mass is 35.5. The van der Waals surface area contributed by atoms with E-state index in [1.54, 1.807) is 0 Å². The zero-order valence-electron chi connectivity index (χ0n) is 12.9. The van der Waals surface area contributed by atoms with Crippen molar-refractivity contribution >= 4 is 23.5 Å². The average molecular weight is 324 g/mol. The standard InChI is InChI=1S/C17H22ClNO3/c1-17(2,13-4-3-5-14(18)9-13)10-19-15(20)11-6-7-12(8-11)16(21)22/h3-5,9,11-12H,6-8,10H2,1-2H3,(H,19,20)(H,21,22)/t11-,12+/m1/s1. The Hall–Kier alpha value is -1.55. The quantitative estimate of drug-likeness (QED) is 0.874. The number of hydrogen-bond acceptors (Lipinski definition) is 2. The first-order chi connectivity index (χ1) is 10.3. The van der Waals surface area contributed by atoms with Crippen LogP contribution in [0.15, 0.2) is 24.3 Å². The Bertz CT molecular complexity index is 571. The third kappa shape index (κ3) is 4.01. The Kier molecular flexibility index (Phi) is 5.12. The van der Waals surface area contributed by atoms with Gasteiger partial charge in [0.15, 0.2) is 0 Å². The number of aliphatic carboxylic acids is 1. The molecule has 1 saturated carbocycles. The zero-order valence-corrected chi connectivity index (χ0v) is 13.7. The monoisotopic (exact) mass is 323 g/mol. The van der Waals surface area contributed by atoms with E-state index in [0.717, 1.165) is 5.56 Å². The van der Waals surface area contributed by atoms with Gasteiger partial charge in [0.1, 0.15) is 0 Å². The lowest BCUT2D eigenvalue weighted by molar-refractivity contribution is -0.141. The summed E-state index contributed by atoms with van der Waals surface area (Å²) in [5, 5.41) is 12.6. The van der Waals surface area contributed by atoms with Crippen molar-refractivity contribution in [2.75, 3.05) is 6.54 Å². The molecule has 2 N–H and O–H groups in total. The predicted molar refractivity (Wildman–Crippen MR) is 86.0 cm³/mol. The molecule has 2 rings (SSSR count). The molecule has 5 heteroatoms. The molecule has 0 unspecified atom stereocenters. The molecule has 2 atom stereocenters. The average Bonchev–Trinajstić information content (AvgIpc) is 2.95. The van der Waals surface area contributed by atoms with Crippen LogP contribution < -0.4 is 5.32 Å². The van der Waals surface area contributed by atoms with Gasteiger partial charge < -0.3 is 10.4 Å². The summed E-state index contributed by atoms with van der Waals surface area (Å²) in [6.07, 6.45) is 1.68. The summed E-state index contributed by atoms with van der Waals surface area (Å²) in [7, 11) is 0. The predicted octanol–water partition coefficient (Wildman–Crippen LogP) is 3.23. The first kappa shape index (κ1) is 16.8. The molecule has 1 fully saturated rings. The van der Waals surface area contributed by atoms with E-state index in [9.17, 15) is 9.59 Å². The second-order valence-electron chi connectivity index (χ2n) is 6.66.